The number of amides is 1. The van der Waals surface area contributed by atoms with Gasteiger partial charge in [-0.25, -0.2) is 0 Å². The monoisotopic (exact) mass is 475 g/mol. The number of hydrogen-bond donors (Lipinski definition) is 2. The van der Waals surface area contributed by atoms with Crippen molar-refractivity contribution in [2.45, 2.75) is 14.4 Å². The zero-order valence-corrected chi connectivity index (χ0v) is 18.5. The van der Waals surface area contributed by atoms with Crippen LogP contribution in [0.25, 0.3) is 10.9 Å². The first-order valence-electron chi connectivity index (χ1n) is 8.66. The molecule has 0 bridgehead atoms. The third kappa shape index (κ3) is 5.20. The lowest BCUT2D eigenvalue weighted by molar-refractivity contribution is -0.115. The molecule has 2 aromatic heterocycles. The van der Waals surface area contributed by atoms with Crippen molar-refractivity contribution >= 4 is 69.0 Å². The second-order valence-corrected chi connectivity index (χ2v) is 9.86. The van der Waals surface area contributed by atoms with Crippen molar-refractivity contribution < 1.29 is 9.90 Å². The number of H-pyrrole nitrogens is 1. The van der Waals surface area contributed by atoms with E-state index in [4.69, 9.17) is 11.6 Å². The van der Waals surface area contributed by atoms with Gasteiger partial charge in [0.2, 0.25) is 5.88 Å². The van der Waals surface area contributed by atoms with Crippen LogP contribution < -0.4 is 0 Å². The molecule has 0 unspecified atom stereocenters. The standard InChI is InChI=1S/C19H14ClN5O2S3/c20-12-7-5-11(6-8-12)9-28-18-24-25-19(30-18)29-10-15(26)22-23-16-13-3-1-2-4-14(13)21-17(16)27/h1-8,21,27H,9-10H2. The lowest BCUT2D eigenvalue weighted by atomic mass is 10.2. The molecule has 2 aromatic carbocycles. The second kappa shape index (κ2) is 9.61. The van der Waals surface area contributed by atoms with Crippen LogP contribution in [0.2, 0.25) is 5.02 Å². The zero-order chi connectivity index (χ0) is 20.9. The Labute approximate surface area is 189 Å². The van der Waals surface area contributed by atoms with Crippen LogP contribution in [-0.4, -0.2) is 31.9 Å². The number of aromatic nitrogens is 3. The molecule has 0 saturated carbocycles. The molecule has 0 aliphatic carbocycles. The van der Waals surface area contributed by atoms with Crippen LogP contribution in [0, 0.1) is 0 Å². The maximum atomic E-state index is 12.1. The zero-order valence-electron chi connectivity index (χ0n) is 15.3. The Morgan fingerprint density at radius 3 is 2.63 bits per heavy atom. The number of thioether (sulfide) groups is 2. The first-order chi connectivity index (χ1) is 14.6. The van der Waals surface area contributed by atoms with Crippen LogP contribution in [0.1, 0.15) is 5.56 Å². The Bertz CT molecular complexity index is 1210. The van der Waals surface area contributed by atoms with Crippen molar-refractivity contribution in [1.29, 1.82) is 0 Å². The van der Waals surface area contributed by atoms with Gasteiger partial charge < -0.3 is 10.1 Å². The number of nitrogens with one attached hydrogen (secondary N) is 1. The molecule has 4 rings (SSSR count). The molecule has 30 heavy (non-hydrogen) atoms. The van der Waals surface area contributed by atoms with Crippen LogP contribution in [0.3, 0.4) is 0 Å². The largest absolute Gasteiger partial charge is 0.493 e. The van der Waals surface area contributed by atoms with Crippen molar-refractivity contribution in [2.75, 3.05) is 5.75 Å². The third-order valence-corrected chi connectivity index (χ3v) is 7.40. The predicted octanol–water partition coefficient (Wildman–Crippen LogP) is 6.07. The predicted molar refractivity (Wildman–Crippen MR) is 121 cm³/mol. The molecule has 4 aromatic rings. The summed E-state index contributed by atoms with van der Waals surface area (Å²) in [5.41, 5.74) is 2.12. The van der Waals surface area contributed by atoms with E-state index in [2.05, 4.69) is 25.4 Å². The number of benzene rings is 2. The summed E-state index contributed by atoms with van der Waals surface area (Å²) in [7, 11) is 0. The van der Waals surface area contributed by atoms with E-state index in [0.29, 0.717) is 14.7 Å². The summed E-state index contributed by atoms with van der Waals surface area (Å²) >= 11 is 10.2. The summed E-state index contributed by atoms with van der Waals surface area (Å²) in [5, 5.41) is 27.2. The molecule has 0 fully saturated rings. The Morgan fingerprint density at radius 2 is 1.83 bits per heavy atom. The maximum Gasteiger partial charge on any atom is 0.275 e. The number of carbonyl (C=O) groups is 1. The summed E-state index contributed by atoms with van der Waals surface area (Å²) < 4.78 is 1.51. The van der Waals surface area contributed by atoms with E-state index in [0.717, 1.165) is 21.2 Å². The molecule has 11 heteroatoms. The van der Waals surface area contributed by atoms with Gasteiger partial charge in [0.25, 0.3) is 5.91 Å². The van der Waals surface area contributed by atoms with Crippen LogP contribution in [0.4, 0.5) is 5.69 Å². The minimum Gasteiger partial charge on any atom is -0.493 e. The topological polar surface area (TPSA) is 104 Å². The fraction of sp³-hybridized carbons (Fsp3) is 0.105. The van der Waals surface area contributed by atoms with E-state index in [-0.39, 0.29) is 17.3 Å². The van der Waals surface area contributed by atoms with Crippen molar-refractivity contribution in [1.82, 2.24) is 15.2 Å². The van der Waals surface area contributed by atoms with Gasteiger partial charge in [-0.3, -0.25) is 4.79 Å². The first-order valence-corrected chi connectivity index (χ1v) is 11.8. The summed E-state index contributed by atoms with van der Waals surface area (Å²) in [6, 6.07) is 14.9. The maximum absolute atomic E-state index is 12.1. The second-order valence-electron chi connectivity index (χ2n) is 6.00. The highest BCUT2D eigenvalue weighted by atomic mass is 35.5. The van der Waals surface area contributed by atoms with Crippen molar-refractivity contribution in [3.63, 3.8) is 0 Å². The number of rotatable bonds is 7. The molecule has 0 aliphatic heterocycles. The normalized spacial score (nSPS) is 11.5. The first kappa shape index (κ1) is 20.9. The van der Waals surface area contributed by atoms with Gasteiger partial charge in [0.1, 0.15) is 0 Å². The van der Waals surface area contributed by atoms with Crippen molar-refractivity contribution in [2.24, 2.45) is 10.2 Å². The number of aromatic amines is 1. The molecule has 152 valence electrons. The number of hydrogen-bond acceptors (Lipinski definition) is 8. The van der Waals surface area contributed by atoms with Gasteiger partial charge in [-0.15, -0.1) is 20.4 Å². The highest BCUT2D eigenvalue weighted by Gasteiger charge is 2.12. The van der Waals surface area contributed by atoms with E-state index in [9.17, 15) is 9.90 Å². The Morgan fingerprint density at radius 1 is 1.10 bits per heavy atom. The Balaban J connectivity index is 1.30. The highest BCUT2D eigenvalue weighted by molar-refractivity contribution is 8.03. The lowest BCUT2D eigenvalue weighted by Crippen LogP contribution is -1.95. The number of para-hydroxylation sites is 1. The number of halogens is 1. The van der Waals surface area contributed by atoms with Gasteiger partial charge in [-0.05, 0) is 23.8 Å². The van der Waals surface area contributed by atoms with Gasteiger partial charge >= 0.3 is 0 Å². The number of nitrogens with zero attached hydrogens (tertiary/aromatic N) is 4. The number of azo groups is 1. The molecule has 0 saturated heterocycles. The summed E-state index contributed by atoms with van der Waals surface area (Å²) in [4.78, 5) is 14.9. The Hall–Kier alpha value is -2.40. The molecule has 0 aliphatic rings. The van der Waals surface area contributed by atoms with E-state index in [1.807, 2.05) is 42.5 Å². The molecule has 0 radical (unpaired) electrons. The summed E-state index contributed by atoms with van der Waals surface area (Å²) in [6.45, 7) is 0. The highest BCUT2D eigenvalue weighted by Crippen LogP contribution is 2.35. The average Bonchev–Trinajstić information content (AvgIpc) is 3.33. The van der Waals surface area contributed by atoms with Gasteiger partial charge in [0.05, 0.1) is 11.3 Å². The average molecular weight is 476 g/mol. The minimum atomic E-state index is -0.421. The fourth-order valence-electron chi connectivity index (χ4n) is 2.51. The van der Waals surface area contributed by atoms with Crippen LogP contribution in [-0.2, 0) is 10.5 Å². The molecular weight excluding hydrogens is 462 g/mol. The molecule has 2 N–H and O–H groups in total. The summed E-state index contributed by atoms with van der Waals surface area (Å²) in [6.07, 6.45) is 0. The van der Waals surface area contributed by atoms with Crippen molar-refractivity contribution in [3.8, 4) is 5.88 Å². The van der Waals surface area contributed by atoms with Gasteiger partial charge in [0, 0.05) is 16.2 Å². The van der Waals surface area contributed by atoms with Crippen LogP contribution in [0.15, 0.2) is 67.4 Å². The van der Waals surface area contributed by atoms with Crippen molar-refractivity contribution in [3.05, 3.63) is 59.1 Å². The third-order valence-electron chi connectivity index (χ3n) is 3.90. The fourth-order valence-corrected chi connectivity index (χ4v) is 5.39. The number of fused-ring (bicyclic) bond motifs is 1. The van der Waals surface area contributed by atoms with Gasteiger partial charge in [-0.2, -0.15) is 0 Å². The van der Waals surface area contributed by atoms with E-state index in [1.165, 1.54) is 23.1 Å². The van der Waals surface area contributed by atoms with E-state index in [1.54, 1.807) is 17.8 Å². The summed E-state index contributed by atoms with van der Waals surface area (Å²) in [5.74, 6) is 0.308. The minimum absolute atomic E-state index is 0.0864. The smallest absolute Gasteiger partial charge is 0.275 e. The van der Waals surface area contributed by atoms with Crippen LogP contribution in [0.5, 0.6) is 5.88 Å². The number of carbonyl (C=O) groups excluding carboxylic acids is 1. The molecular formula is C19H14ClN5O2S3. The molecule has 7 nitrogen and oxygen atoms in total. The number of aromatic hydroxyl groups is 1. The van der Waals surface area contributed by atoms with Gasteiger partial charge in [-0.1, -0.05) is 76.8 Å². The quantitative estimate of drug-likeness (QED) is 0.248. The SMILES string of the molecule is O=C(CSc1nnc(SCc2ccc(Cl)cc2)s1)N=Nc1c(O)[nH]c2ccccc12. The van der Waals surface area contributed by atoms with Gasteiger partial charge in [0.15, 0.2) is 14.4 Å². The van der Waals surface area contributed by atoms with Crippen LogP contribution >= 0.6 is 46.5 Å². The Kier molecular flexibility index (Phi) is 6.68. The molecule has 0 atom stereocenters. The molecule has 2 heterocycles. The molecule has 1 amide bonds. The van der Waals surface area contributed by atoms with E-state index < -0.39 is 5.91 Å². The van der Waals surface area contributed by atoms with E-state index >= 15 is 0 Å². The lowest BCUT2D eigenvalue weighted by Gasteiger charge is -1.98. The molecule has 0 spiro atoms.